The van der Waals surface area contributed by atoms with Crippen molar-refractivity contribution in [2.75, 3.05) is 13.1 Å². The molecule has 0 heterocycles. The van der Waals surface area contributed by atoms with E-state index in [1.807, 2.05) is 72.8 Å². The number of aromatic carboxylic acids is 1. The predicted octanol–water partition coefficient (Wildman–Crippen LogP) is 9.14. The largest absolute Gasteiger partial charge is 0.489 e. The third kappa shape index (κ3) is 11.0. The lowest BCUT2D eigenvalue weighted by atomic mass is 10.0. The van der Waals surface area contributed by atoms with Gasteiger partial charge in [0.1, 0.15) is 23.9 Å². The normalized spacial score (nSPS) is 10.7. The molecule has 0 saturated heterocycles. The molecular formula is C40H40ClNO6. The predicted molar refractivity (Wildman–Crippen MR) is 190 cm³/mol. The topological polar surface area (TPSA) is 96.3 Å². The van der Waals surface area contributed by atoms with Crippen LogP contribution in [0.2, 0.25) is 0 Å². The number of hydrogen-bond donors (Lipinski definition) is 2. The summed E-state index contributed by atoms with van der Waals surface area (Å²) in [5.41, 5.74) is 5.65. The fourth-order valence-corrected chi connectivity index (χ4v) is 5.32. The lowest BCUT2D eigenvalue weighted by Gasteiger charge is -2.23. The molecule has 0 aliphatic carbocycles. The summed E-state index contributed by atoms with van der Waals surface area (Å²) in [7, 11) is 0. The van der Waals surface area contributed by atoms with Gasteiger partial charge in [-0.1, -0.05) is 84.9 Å². The molecule has 7 nitrogen and oxygen atoms in total. The van der Waals surface area contributed by atoms with Gasteiger partial charge in [-0.05, 0) is 96.1 Å². The third-order valence-corrected chi connectivity index (χ3v) is 7.91. The number of ether oxygens (including phenoxy) is 2. The van der Waals surface area contributed by atoms with Gasteiger partial charge in [-0.3, -0.25) is 9.69 Å². The van der Waals surface area contributed by atoms with Crippen LogP contribution in [0.4, 0.5) is 0 Å². The van der Waals surface area contributed by atoms with Crippen LogP contribution in [-0.2, 0) is 24.4 Å². The second kappa shape index (κ2) is 18.3. The van der Waals surface area contributed by atoms with Crippen molar-refractivity contribution in [2.24, 2.45) is 0 Å². The number of aliphatic carboxylic acids is 1. The highest BCUT2D eigenvalue weighted by molar-refractivity contribution is 5.87. The highest BCUT2D eigenvalue weighted by atomic mass is 35.5. The minimum Gasteiger partial charge on any atom is -0.489 e. The van der Waals surface area contributed by atoms with Gasteiger partial charge < -0.3 is 19.7 Å². The van der Waals surface area contributed by atoms with Crippen molar-refractivity contribution >= 4 is 24.3 Å². The average Bonchev–Trinajstić information content (AvgIpc) is 3.09. The first kappa shape index (κ1) is 35.7. The summed E-state index contributed by atoms with van der Waals surface area (Å²) in [4.78, 5) is 24.5. The van der Waals surface area contributed by atoms with Crippen LogP contribution in [0, 0.1) is 0 Å². The molecule has 0 bridgehead atoms. The van der Waals surface area contributed by atoms with Crippen LogP contribution in [0.1, 0.15) is 46.3 Å². The summed E-state index contributed by atoms with van der Waals surface area (Å²) >= 11 is 0. The second-order valence-corrected chi connectivity index (χ2v) is 11.4. The van der Waals surface area contributed by atoms with E-state index in [4.69, 9.17) is 14.6 Å². The summed E-state index contributed by atoms with van der Waals surface area (Å²) in [6, 6.07) is 41.1. The Hall–Kier alpha value is -5.11. The quantitative estimate of drug-likeness (QED) is 0.0956. The molecule has 5 rings (SSSR count). The molecule has 2 N–H and O–H groups in total. The number of hydrogen-bond acceptors (Lipinski definition) is 5. The molecule has 0 spiro atoms. The molecule has 48 heavy (non-hydrogen) atoms. The number of carbonyl (C=O) groups is 2. The first-order valence-electron chi connectivity index (χ1n) is 15.8. The first-order chi connectivity index (χ1) is 22.9. The average molecular weight is 666 g/mol. The van der Waals surface area contributed by atoms with Gasteiger partial charge in [0.15, 0.2) is 0 Å². The number of carboxylic acid groups (broad SMARTS) is 2. The molecule has 0 aromatic heterocycles. The summed E-state index contributed by atoms with van der Waals surface area (Å²) in [6.45, 7) is 2.57. The Morgan fingerprint density at radius 3 is 1.90 bits per heavy atom. The first-order valence-corrected chi connectivity index (χ1v) is 15.8. The van der Waals surface area contributed by atoms with Gasteiger partial charge in [-0.15, -0.1) is 12.4 Å². The number of halogens is 1. The number of para-hydroxylation sites is 2. The lowest BCUT2D eigenvalue weighted by molar-refractivity contribution is -0.137. The molecule has 0 atom stereocenters. The van der Waals surface area contributed by atoms with E-state index in [0.29, 0.717) is 19.6 Å². The van der Waals surface area contributed by atoms with Crippen molar-refractivity contribution in [1.82, 2.24) is 4.90 Å². The molecule has 5 aromatic carbocycles. The highest BCUT2D eigenvalue weighted by Crippen LogP contribution is 2.27. The molecule has 0 aliphatic rings. The van der Waals surface area contributed by atoms with Crippen molar-refractivity contribution in [2.45, 2.75) is 38.8 Å². The van der Waals surface area contributed by atoms with Crippen LogP contribution >= 0.6 is 12.4 Å². The molecule has 0 fully saturated rings. The summed E-state index contributed by atoms with van der Waals surface area (Å²) in [5, 5.41) is 18.3. The van der Waals surface area contributed by atoms with Crippen molar-refractivity contribution in [1.29, 1.82) is 0 Å². The third-order valence-electron chi connectivity index (χ3n) is 7.91. The van der Waals surface area contributed by atoms with E-state index in [2.05, 4.69) is 47.4 Å². The van der Waals surface area contributed by atoms with Crippen LogP contribution < -0.4 is 9.47 Å². The van der Waals surface area contributed by atoms with Gasteiger partial charge in [0.2, 0.25) is 0 Å². The van der Waals surface area contributed by atoms with E-state index in [1.165, 1.54) is 0 Å². The summed E-state index contributed by atoms with van der Waals surface area (Å²) in [5.74, 6) is 0.697. The van der Waals surface area contributed by atoms with Gasteiger partial charge >= 0.3 is 11.9 Å². The Kier molecular flexibility index (Phi) is 13.6. The fourth-order valence-electron chi connectivity index (χ4n) is 5.32. The molecular weight excluding hydrogens is 626 g/mol. The van der Waals surface area contributed by atoms with Crippen LogP contribution in [0.3, 0.4) is 0 Å². The molecule has 248 valence electrons. The van der Waals surface area contributed by atoms with E-state index in [1.54, 1.807) is 12.1 Å². The van der Waals surface area contributed by atoms with Crippen LogP contribution in [0.15, 0.2) is 127 Å². The van der Waals surface area contributed by atoms with Crippen molar-refractivity contribution in [3.05, 3.63) is 150 Å². The maximum Gasteiger partial charge on any atom is 0.335 e. The smallest absolute Gasteiger partial charge is 0.335 e. The zero-order chi connectivity index (χ0) is 32.8. The maximum atomic E-state index is 11.3. The molecule has 8 heteroatoms. The lowest BCUT2D eigenvalue weighted by Crippen LogP contribution is -2.27. The summed E-state index contributed by atoms with van der Waals surface area (Å²) in [6.07, 6.45) is 2.27. The van der Waals surface area contributed by atoms with E-state index in [-0.39, 0.29) is 24.4 Å². The molecule has 0 saturated carbocycles. The van der Waals surface area contributed by atoms with Crippen molar-refractivity contribution < 1.29 is 29.3 Å². The van der Waals surface area contributed by atoms with E-state index < -0.39 is 11.9 Å². The molecule has 0 unspecified atom stereocenters. The SMILES string of the molecule is Cl.O=C(O)CCCCN(CCc1ccccc1OCc1ccc(-c2ccc(Oc3ccccc3)cc2)cc1)Cc1ccc(C(=O)O)cc1. The van der Waals surface area contributed by atoms with E-state index in [0.717, 1.165) is 71.0 Å². The van der Waals surface area contributed by atoms with Gasteiger partial charge in [0.05, 0.1) is 5.56 Å². The Labute approximate surface area is 287 Å². The van der Waals surface area contributed by atoms with Gasteiger partial charge in [0, 0.05) is 19.5 Å². The Morgan fingerprint density at radius 1 is 0.625 bits per heavy atom. The van der Waals surface area contributed by atoms with Crippen molar-refractivity contribution in [3.8, 4) is 28.4 Å². The van der Waals surface area contributed by atoms with Gasteiger partial charge in [-0.2, -0.15) is 0 Å². The van der Waals surface area contributed by atoms with Crippen LogP contribution in [0.5, 0.6) is 17.2 Å². The Bertz CT molecular complexity index is 1730. The van der Waals surface area contributed by atoms with Crippen LogP contribution in [-0.4, -0.2) is 40.1 Å². The zero-order valence-corrected chi connectivity index (χ0v) is 27.5. The molecule has 0 amide bonds. The number of carboxylic acids is 2. The Balaban J connectivity index is 0.00000520. The number of unbranched alkanes of at least 4 members (excludes halogenated alkanes) is 1. The zero-order valence-electron chi connectivity index (χ0n) is 26.7. The molecule has 5 aromatic rings. The Morgan fingerprint density at radius 2 is 1.23 bits per heavy atom. The maximum absolute atomic E-state index is 11.3. The number of nitrogens with zero attached hydrogens (tertiary/aromatic N) is 1. The van der Waals surface area contributed by atoms with E-state index in [9.17, 15) is 14.7 Å². The summed E-state index contributed by atoms with van der Waals surface area (Å²) < 4.78 is 12.2. The van der Waals surface area contributed by atoms with Crippen molar-refractivity contribution in [3.63, 3.8) is 0 Å². The second-order valence-electron chi connectivity index (χ2n) is 11.4. The highest BCUT2D eigenvalue weighted by Gasteiger charge is 2.11. The number of benzene rings is 5. The standard InChI is InChI=1S/C40H39NO6.ClH/c42-39(43)12-6-7-26-41(28-30-13-19-35(20-14-30)40(44)45)27-25-34-8-4-5-11-38(34)46-29-31-15-17-32(18-16-31)33-21-23-37(24-22-33)47-36-9-2-1-3-10-36;/h1-5,8-11,13-24H,6-7,12,25-29H2,(H,42,43)(H,44,45);1H. The van der Waals surface area contributed by atoms with E-state index >= 15 is 0 Å². The minimum absolute atomic E-state index is 0. The molecule has 0 aliphatic heterocycles. The fraction of sp³-hybridized carbons (Fsp3) is 0.200. The monoisotopic (exact) mass is 665 g/mol. The van der Waals surface area contributed by atoms with Gasteiger partial charge in [0.25, 0.3) is 0 Å². The minimum atomic E-state index is -0.949. The number of rotatable bonds is 17. The van der Waals surface area contributed by atoms with Crippen LogP contribution in [0.25, 0.3) is 11.1 Å². The molecule has 0 radical (unpaired) electrons. The van der Waals surface area contributed by atoms with Gasteiger partial charge in [-0.25, -0.2) is 4.79 Å².